The molecule has 0 saturated carbocycles. The second-order valence-corrected chi connectivity index (χ2v) is 2.85. The van der Waals surface area contributed by atoms with E-state index >= 15 is 0 Å². The van der Waals surface area contributed by atoms with E-state index in [1.165, 1.54) is 18.1 Å². The van der Waals surface area contributed by atoms with Gasteiger partial charge in [-0.1, -0.05) is 0 Å². The van der Waals surface area contributed by atoms with Gasteiger partial charge in [0.25, 0.3) is 0 Å². The molecule has 5 heteroatoms. The Morgan fingerprint density at radius 1 is 1.57 bits per heavy atom. The highest BCUT2D eigenvalue weighted by molar-refractivity contribution is 5.79. The van der Waals surface area contributed by atoms with Crippen molar-refractivity contribution >= 4 is 11.9 Å². The van der Waals surface area contributed by atoms with Gasteiger partial charge in [-0.3, -0.25) is 9.59 Å². The minimum absolute atomic E-state index is 0.189. The number of furan rings is 1. The molecule has 5 nitrogen and oxygen atoms in total. The zero-order valence-electron chi connectivity index (χ0n) is 7.77. The third-order valence-electron chi connectivity index (χ3n) is 1.70. The molecule has 1 aromatic heterocycles. The first-order chi connectivity index (χ1) is 6.59. The Morgan fingerprint density at radius 3 is 2.71 bits per heavy atom. The molecule has 0 saturated heterocycles. The predicted molar refractivity (Wildman–Crippen MR) is 47.4 cm³/mol. The molecule has 0 aliphatic carbocycles. The van der Waals surface area contributed by atoms with Crippen LogP contribution in [0.5, 0.6) is 0 Å². The molecule has 0 aliphatic rings. The van der Waals surface area contributed by atoms with Crippen LogP contribution in [0.15, 0.2) is 22.8 Å². The zero-order valence-corrected chi connectivity index (χ0v) is 7.77. The predicted octanol–water partition coefficient (Wildman–Crippen LogP) is 0.713. The first kappa shape index (κ1) is 10.3. The summed E-state index contributed by atoms with van der Waals surface area (Å²) in [6.07, 6.45) is 1.48. The lowest BCUT2D eigenvalue weighted by Gasteiger charge is -2.16. The van der Waals surface area contributed by atoms with Gasteiger partial charge in [0, 0.05) is 6.92 Å². The molecule has 0 radical (unpaired) electrons. The van der Waals surface area contributed by atoms with Gasteiger partial charge in [0.05, 0.1) is 12.8 Å². The van der Waals surface area contributed by atoms with Gasteiger partial charge in [0.15, 0.2) is 0 Å². The molecule has 0 aromatic carbocycles. The number of carbonyl (C=O) groups is 2. The number of carboxylic acid groups (broad SMARTS) is 1. The van der Waals surface area contributed by atoms with Gasteiger partial charge < -0.3 is 14.4 Å². The van der Waals surface area contributed by atoms with E-state index in [9.17, 15) is 9.59 Å². The Morgan fingerprint density at radius 2 is 2.29 bits per heavy atom. The first-order valence-corrected chi connectivity index (χ1v) is 4.09. The minimum atomic E-state index is -1.04. The van der Waals surface area contributed by atoms with Crippen LogP contribution in [0.4, 0.5) is 0 Å². The Labute approximate surface area is 80.9 Å². The molecule has 76 valence electrons. The highest BCUT2D eigenvalue weighted by atomic mass is 16.4. The fourth-order valence-electron chi connectivity index (χ4n) is 1.03. The largest absolute Gasteiger partial charge is 0.480 e. The lowest BCUT2D eigenvalue weighted by molar-refractivity contribution is -0.144. The molecule has 1 N–H and O–H groups in total. The van der Waals surface area contributed by atoms with Crippen molar-refractivity contribution in [1.29, 1.82) is 0 Å². The molecule has 0 fully saturated rings. The monoisotopic (exact) mass is 197 g/mol. The van der Waals surface area contributed by atoms with E-state index < -0.39 is 5.97 Å². The van der Waals surface area contributed by atoms with Crippen LogP contribution in [-0.4, -0.2) is 28.4 Å². The van der Waals surface area contributed by atoms with E-state index in [4.69, 9.17) is 9.52 Å². The standard InChI is InChI=1S/C9H11NO4/c1-7(11)10(6-9(12)13)5-8-3-2-4-14-8/h2-4H,5-6H2,1H3,(H,12,13). The number of amides is 1. The van der Waals surface area contributed by atoms with Crippen LogP contribution in [0, 0.1) is 0 Å². The van der Waals surface area contributed by atoms with E-state index in [1.807, 2.05) is 0 Å². The molecular weight excluding hydrogens is 186 g/mol. The third-order valence-corrected chi connectivity index (χ3v) is 1.70. The van der Waals surface area contributed by atoms with Gasteiger partial charge in [0.1, 0.15) is 12.3 Å². The van der Waals surface area contributed by atoms with Gasteiger partial charge in [-0.25, -0.2) is 0 Å². The maximum absolute atomic E-state index is 11.0. The Kier molecular flexibility index (Phi) is 3.28. The molecular formula is C9H11NO4. The van der Waals surface area contributed by atoms with Gasteiger partial charge in [-0.05, 0) is 12.1 Å². The summed E-state index contributed by atoms with van der Waals surface area (Å²) in [5.74, 6) is -0.753. The summed E-state index contributed by atoms with van der Waals surface area (Å²) in [5, 5.41) is 8.54. The van der Waals surface area contributed by atoms with Gasteiger partial charge in [-0.15, -0.1) is 0 Å². The molecule has 14 heavy (non-hydrogen) atoms. The highest BCUT2D eigenvalue weighted by Gasteiger charge is 2.13. The summed E-state index contributed by atoms with van der Waals surface area (Å²) >= 11 is 0. The van der Waals surface area contributed by atoms with Gasteiger partial charge in [-0.2, -0.15) is 0 Å². The highest BCUT2D eigenvalue weighted by Crippen LogP contribution is 2.05. The van der Waals surface area contributed by atoms with Gasteiger partial charge in [0.2, 0.25) is 5.91 Å². The van der Waals surface area contributed by atoms with E-state index in [0.29, 0.717) is 5.76 Å². The number of nitrogens with zero attached hydrogens (tertiary/aromatic N) is 1. The fourth-order valence-corrected chi connectivity index (χ4v) is 1.03. The van der Waals surface area contributed by atoms with Crippen LogP contribution in [0.2, 0.25) is 0 Å². The van der Waals surface area contributed by atoms with E-state index in [-0.39, 0.29) is 19.0 Å². The smallest absolute Gasteiger partial charge is 0.323 e. The number of hydrogen-bond acceptors (Lipinski definition) is 3. The Bertz CT molecular complexity index is 318. The summed E-state index contributed by atoms with van der Waals surface area (Å²) in [6, 6.07) is 3.38. The van der Waals surface area contributed by atoms with Crippen molar-refractivity contribution in [3.8, 4) is 0 Å². The summed E-state index contributed by atoms with van der Waals surface area (Å²) < 4.78 is 5.01. The number of carboxylic acids is 1. The topological polar surface area (TPSA) is 70.8 Å². The van der Waals surface area contributed by atoms with Crippen LogP contribution >= 0.6 is 0 Å². The Balaban J connectivity index is 2.60. The van der Waals surface area contributed by atoms with Crippen molar-refractivity contribution in [3.05, 3.63) is 24.2 Å². The van der Waals surface area contributed by atoms with Crippen LogP contribution in [0.25, 0.3) is 0 Å². The van der Waals surface area contributed by atoms with Crippen LogP contribution in [0.1, 0.15) is 12.7 Å². The molecule has 1 amide bonds. The van der Waals surface area contributed by atoms with Crippen molar-refractivity contribution in [2.24, 2.45) is 0 Å². The molecule has 0 spiro atoms. The summed E-state index contributed by atoms with van der Waals surface area (Å²) in [6.45, 7) is 1.20. The number of hydrogen-bond donors (Lipinski definition) is 1. The second kappa shape index (κ2) is 4.45. The molecule has 0 bridgehead atoms. The van der Waals surface area contributed by atoms with Crippen LogP contribution < -0.4 is 0 Å². The van der Waals surface area contributed by atoms with Crippen LogP contribution in [-0.2, 0) is 16.1 Å². The molecule has 1 aromatic rings. The van der Waals surface area contributed by atoms with Crippen molar-refractivity contribution in [3.63, 3.8) is 0 Å². The number of aliphatic carboxylic acids is 1. The molecule has 0 aliphatic heterocycles. The number of rotatable bonds is 4. The SMILES string of the molecule is CC(=O)N(CC(=O)O)Cc1ccco1. The summed E-state index contributed by atoms with van der Waals surface area (Å²) in [4.78, 5) is 22.6. The van der Waals surface area contributed by atoms with E-state index in [1.54, 1.807) is 12.1 Å². The Hall–Kier alpha value is -1.78. The first-order valence-electron chi connectivity index (χ1n) is 4.09. The molecule has 0 atom stereocenters. The maximum Gasteiger partial charge on any atom is 0.323 e. The zero-order chi connectivity index (χ0) is 10.6. The quantitative estimate of drug-likeness (QED) is 0.771. The molecule has 1 rings (SSSR count). The number of carbonyl (C=O) groups excluding carboxylic acids is 1. The van der Waals surface area contributed by atoms with Crippen molar-refractivity contribution in [1.82, 2.24) is 4.90 Å². The lowest BCUT2D eigenvalue weighted by Crippen LogP contribution is -2.33. The minimum Gasteiger partial charge on any atom is -0.480 e. The maximum atomic E-state index is 11.0. The molecule has 1 heterocycles. The summed E-state index contributed by atoms with van der Waals surface area (Å²) in [7, 11) is 0. The summed E-state index contributed by atoms with van der Waals surface area (Å²) in [5.41, 5.74) is 0. The van der Waals surface area contributed by atoms with Crippen molar-refractivity contribution < 1.29 is 19.1 Å². The van der Waals surface area contributed by atoms with E-state index in [2.05, 4.69) is 0 Å². The second-order valence-electron chi connectivity index (χ2n) is 2.85. The van der Waals surface area contributed by atoms with Crippen molar-refractivity contribution in [2.45, 2.75) is 13.5 Å². The third kappa shape index (κ3) is 2.93. The van der Waals surface area contributed by atoms with Crippen molar-refractivity contribution in [2.75, 3.05) is 6.54 Å². The average Bonchev–Trinajstić information content (AvgIpc) is 2.54. The van der Waals surface area contributed by atoms with E-state index in [0.717, 1.165) is 0 Å². The average molecular weight is 197 g/mol. The fraction of sp³-hybridized carbons (Fsp3) is 0.333. The van der Waals surface area contributed by atoms with Gasteiger partial charge >= 0.3 is 5.97 Å². The van der Waals surface area contributed by atoms with Crippen LogP contribution in [0.3, 0.4) is 0 Å². The molecule has 0 unspecified atom stereocenters. The normalized spacial score (nSPS) is 9.79. The lowest BCUT2D eigenvalue weighted by atomic mass is 10.4.